The van der Waals surface area contributed by atoms with Crippen LogP contribution in [0.2, 0.25) is 0 Å². The van der Waals surface area contributed by atoms with Crippen LogP contribution in [0.25, 0.3) is 0 Å². The minimum Gasteiger partial charge on any atom is -0.294 e. The largest absolute Gasteiger partial charge is 0.401 e. The van der Waals surface area contributed by atoms with Gasteiger partial charge in [-0.05, 0) is 6.07 Å². The lowest BCUT2D eigenvalue weighted by Crippen LogP contribution is -2.37. The average Bonchev–Trinajstić information content (AvgIpc) is 2.59. The van der Waals surface area contributed by atoms with Gasteiger partial charge in [0.25, 0.3) is 0 Å². The highest BCUT2D eigenvalue weighted by Gasteiger charge is 2.30. The molecule has 1 aromatic heterocycles. The number of aromatic nitrogens is 2. The fraction of sp³-hybridized carbons (Fsp3) is 0.700. The summed E-state index contributed by atoms with van der Waals surface area (Å²) in [4.78, 5) is 1.39. The summed E-state index contributed by atoms with van der Waals surface area (Å²) in [6, 6.07) is 1.82. The van der Waals surface area contributed by atoms with Crippen molar-refractivity contribution < 1.29 is 13.2 Å². The smallest absolute Gasteiger partial charge is 0.294 e. The lowest BCUT2D eigenvalue weighted by molar-refractivity contribution is -0.145. The molecule has 0 saturated carbocycles. The monoisotopic (exact) mass is 313 g/mol. The van der Waals surface area contributed by atoms with Crippen LogP contribution >= 0.6 is 15.9 Å². The number of rotatable bonds is 6. The van der Waals surface area contributed by atoms with E-state index in [1.807, 2.05) is 6.07 Å². The summed E-state index contributed by atoms with van der Waals surface area (Å²) < 4.78 is 38.6. The van der Waals surface area contributed by atoms with Gasteiger partial charge in [0.2, 0.25) is 0 Å². The Morgan fingerprint density at radius 2 is 2.12 bits per heavy atom. The van der Waals surface area contributed by atoms with Crippen molar-refractivity contribution in [3.63, 3.8) is 0 Å². The molecule has 0 aliphatic heterocycles. The van der Waals surface area contributed by atoms with E-state index in [0.29, 0.717) is 24.8 Å². The lowest BCUT2D eigenvalue weighted by Gasteiger charge is -2.22. The third-order valence-corrected chi connectivity index (χ3v) is 2.76. The third kappa shape index (κ3) is 5.54. The summed E-state index contributed by atoms with van der Waals surface area (Å²) in [5.74, 6) is 0. The predicted octanol–water partition coefficient (Wildman–Crippen LogP) is 2.22. The molecule has 1 rings (SSSR count). The molecule has 0 amide bonds. The molecule has 1 heterocycles. The van der Waals surface area contributed by atoms with E-state index in [9.17, 15) is 13.2 Å². The molecule has 0 aliphatic rings. The van der Waals surface area contributed by atoms with E-state index in [4.69, 9.17) is 0 Å². The Morgan fingerprint density at radius 3 is 2.59 bits per heavy atom. The van der Waals surface area contributed by atoms with Crippen LogP contribution in [0.3, 0.4) is 0 Å². The first-order chi connectivity index (χ1) is 7.92. The maximum atomic E-state index is 12.3. The van der Waals surface area contributed by atoms with Gasteiger partial charge in [0.1, 0.15) is 0 Å². The standard InChI is InChI=1S/C10H15BrF3N3/c1-16-9(2-5-15-16)3-6-17(7-4-11)8-10(12,13)14/h2,5H,3-4,6-8H2,1H3. The van der Waals surface area contributed by atoms with Crippen LogP contribution in [-0.4, -0.2) is 45.8 Å². The normalized spacial score (nSPS) is 12.4. The molecule has 0 aromatic carbocycles. The van der Waals surface area contributed by atoms with E-state index >= 15 is 0 Å². The van der Waals surface area contributed by atoms with E-state index in [1.54, 1.807) is 17.9 Å². The zero-order valence-electron chi connectivity index (χ0n) is 9.54. The topological polar surface area (TPSA) is 21.1 Å². The van der Waals surface area contributed by atoms with Gasteiger partial charge in [-0.2, -0.15) is 18.3 Å². The van der Waals surface area contributed by atoms with E-state index in [2.05, 4.69) is 21.0 Å². The van der Waals surface area contributed by atoms with E-state index in [0.717, 1.165) is 5.69 Å². The third-order valence-electron chi connectivity index (χ3n) is 2.41. The second-order valence-electron chi connectivity index (χ2n) is 3.78. The summed E-state index contributed by atoms with van der Waals surface area (Å²) >= 11 is 3.16. The number of alkyl halides is 4. The van der Waals surface area contributed by atoms with Crippen LogP contribution in [-0.2, 0) is 13.5 Å². The quantitative estimate of drug-likeness (QED) is 0.751. The Kier molecular flexibility index (Phi) is 5.45. The van der Waals surface area contributed by atoms with Crippen LogP contribution in [0.5, 0.6) is 0 Å². The number of nitrogens with zero attached hydrogens (tertiary/aromatic N) is 3. The Labute approximate surface area is 107 Å². The van der Waals surface area contributed by atoms with Crippen molar-refractivity contribution in [2.75, 3.05) is 25.0 Å². The number of hydrogen-bond acceptors (Lipinski definition) is 2. The molecule has 3 nitrogen and oxygen atoms in total. The van der Waals surface area contributed by atoms with Gasteiger partial charge in [0.05, 0.1) is 6.54 Å². The Morgan fingerprint density at radius 1 is 1.41 bits per heavy atom. The summed E-state index contributed by atoms with van der Waals surface area (Å²) in [6.07, 6.45) is -1.93. The van der Waals surface area contributed by atoms with E-state index in [-0.39, 0.29) is 0 Å². The van der Waals surface area contributed by atoms with Gasteiger partial charge in [-0.1, -0.05) is 15.9 Å². The molecule has 0 N–H and O–H groups in total. The van der Waals surface area contributed by atoms with Crippen molar-refractivity contribution in [1.82, 2.24) is 14.7 Å². The van der Waals surface area contributed by atoms with Crippen molar-refractivity contribution in [1.29, 1.82) is 0 Å². The van der Waals surface area contributed by atoms with Gasteiger partial charge in [-0.25, -0.2) is 0 Å². The number of halogens is 4. The average molecular weight is 314 g/mol. The van der Waals surface area contributed by atoms with Gasteiger partial charge in [0, 0.05) is 43.8 Å². The Hall–Kier alpha value is -0.560. The molecule has 7 heteroatoms. The van der Waals surface area contributed by atoms with Gasteiger partial charge in [0.15, 0.2) is 0 Å². The first-order valence-electron chi connectivity index (χ1n) is 5.24. The SMILES string of the molecule is Cn1nccc1CCN(CCBr)CC(F)(F)F. The van der Waals surface area contributed by atoms with E-state index in [1.165, 1.54) is 4.90 Å². The first-order valence-corrected chi connectivity index (χ1v) is 6.36. The number of aryl methyl sites for hydroxylation is 1. The summed E-state index contributed by atoms with van der Waals surface area (Å²) in [6.45, 7) is -0.0988. The highest BCUT2D eigenvalue weighted by Crippen LogP contribution is 2.16. The molecule has 0 fully saturated rings. The minimum atomic E-state index is -4.14. The van der Waals surface area contributed by atoms with Crippen LogP contribution in [0.4, 0.5) is 13.2 Å². The van der Waals surface area contributed by atoms with Crippen LogP contribution < -0.4 is 0 Å². The second kappa shape index (κ2) is 6.39. The van der Waals surface area contributed by atoms with E-state index < -0.39 is 12.7 Å². The van der Waals surface area contributed by atoms with Crippen LogP contribution in [0, 0.1) is 0 Å². The Balaban J connectivity index is 2.47. The van der Waals surface area contributed by atoms with Gasteiger partial charge >= 0.3 is 6.18 Å². The fourth-order valence-corrected chi connectivity index (χ4v) is 2.06. The molecular weight excluding hydrogens is 299 g/mol. The number of hydrogen-bond donors (Lipinski definition) is 0. The molecule has 0 radical (unpaired) electrons. The molecule has 0 bridgehead atoms. The van der Waals surface area contributed by atoms with Crippen molar-refractivity contribution in [2.24, 2.45) is 7.05 Å². The van der Waals surface area contributed by atoms with Crippen molar-refractivity contribution in [3.05, 3.63) is 18.0 Å². The lowest BCUT2D eigenvalue weighted by atomic mass is 10.3. The molecule has 0 unspecified atom stereocenters. The summed E-state index contributed by atoms with van der Waals surface area (Å²) in [7, 11) is 1.79. The van der Waals surface area contributed by atoms with Gasteiger partial charge in [-0.3, -0.25) is 9.58 Å². The molecule has 1 aromatic rings. The summed E-state index contributed by atoms with van der Waals surface area (Å²) in [5.41, 5.74) is 0.937. The first kappa shape index (κ1) is 14.5. The zero-order chi connectivity index (χ0) is 12.9. The molecule has 17 heavy (non-hydrogen) atoms. The molecule has 0 atom stereocenters. The minimum absolute atomic E-state index is 0.380. The molecule has 98 valence electrons. The molecule has 0 spiro atoms. The summed E-state index contributed by atoms with van der Waals surface area (Å²) in [5, 5.41) is 4.52. The Bertz CT molecular complexity index is 338. The van der Waals surface area contributed by atoms with Gasteiger partial charge < -0.3 is 0 Å². The fourth-order valence-electron chi connectivity index (χ4n) is 1.56. The maximum absolute atomic E-state index is 12.3. The second-order valence-corrected chi connectivity index (χ2v) is 4.57. The van der Waals surface area contributed by atoms with Crippen molar-refractivity contribution in [3.8, 4) is 0 Å². The molecular formula is C10H15BrF3N3. The maximum Gasteiger partial charge on any atom is 0.401 e. The van der Waals surface area contributed by atoms with Crippen LogP contribution in [0.15, 0.2) is 12.3 Å². The van der Waals surface area contributed by atoms with Gasteiger partial charge in [-0.15, -0.1) is 0 Å². The zero-order valence-corrected chi connectivity index (χ0v) is 11.1. The molecule has 0 aliphatic carbocycles. The van der Waals surface area contributed by atoms with Crippen molar-refractivity contribution in [2.45, 2.75) is 12.6 Å². The molecule has 0 saturated heterocycles. The van der Waals surface area contributed by atoms with Crippen molar-refractivity contribution >= 4 is 15.9 Å². The van der Waals surface area contributed by atoms with Crippen LogP contribution in [0.1, 0.15) is 5.69 Å². The highest BCUT2D eigenvalue weighted by atomic mass is 79.9. The highest BCUT2D eigenvalue weighted by molar-refractivity contribution is 9.09. The predicted molar refractivity (Wildman–Crippen MR) is 63.2 cm³/mol.